The number of amidine groups is 1. The van der Waals surface area contributed by atoms with Gasteiger partial charge in [-0.05, 0) is 57.5 Å². The van der Waals surface area contributed by atoms with Crippen LogP contribution in [-0.4, -0.2) is 44.6 Å². The number of carbonyl (C=O) groups excluding carboxylic acids is 2. The van der Waals surface area contributed by atoms with Gasteiger partial charge in [0.05, 0.1) is 0 Å². The predicted octanol–water partition coefficient (Wildman–Crippen LogP) is 2.15. The summed E-state index contributed by atoms with van der Waals surface area (Å²) in [7, 11) is 0. The summed E-state index contributed by atoms with van der Waals surface area (Å²) >= 11 is 0. The largest absolute Gasteiger partial charge is 0.332 e. The number of pyridine rings is 1. The van der Waals surface area contributed by atoms with Crippen LogP contribution >= 0.6 is 0 Å². The van der Waals surface area contributed by atoms with Crippen LogP contribution in [0.15, 0.2) is 41.5 Å². The molecule has 0 saturated heterocycles. The standard InChI is InChI=1S/C21H27N7O2.H2/c1-12(2)27-11-15-9-8-14(10-16(15)21(27)30)20(29)25-18-7-5-6-17(24-18)19(26-22)28(23)13(3)4;/h5-10,12-13H,11,22-23H2,1-4H3,(H,24,25,29);1H/b26-19-;. The quantitative estimate of drug-likeness (QED) is 0.299. The number of nitrogens with two attached hydrogens (primary N) is 2. The Morgan fingerprint density at radius 3 is 2.63 bits per heavy atom. The zero-order valence-electron chi connectivity index (χ0n) is 17.6. The fraction of sp³-hybridized carbons (Fsp3) is 0.333. The number of carbonyl (C=O) groups is 2. The molecule has 0 fully saturated rings. The smallest absolute Gasteiger partial charge is 0.256 e. The zero-order valence-corrected chi connectivity index (χ0v) is 17.6. The van der Waals surface area contributed by atoms with Crippen LogP contribution in [0.2, 0.25) is 0 Å². The van der Waals surface area contributed by atoms with Crippen molar-refractivity contribution in [1.29, 1.82) is 0 Å². The fourth-order valence-corrected chi connectivity index (χ4v) is 3.21. The van der Waals surface area contributed by atoms with Gasteiger partial charge < -0.3 is 16.1 Å². The summed E-state index contributed by atoms with van der Waals surface area (Å²) < 4.78 is 0. The minimum absolute atomic E-state index is 0. The Hall–Kier alpha value is -3.46. The van der Waals surface area contributed by atoms with Crippen molar-refractivity contribution in [2.75, 3.05) is 5.32 Å². The first-order valence-electron chi connectivity index (χ1n) is 9.77. The van der Waals surface area contributed by atoms with E-state index >= 15 is 0 Å². The van der Waals surface area contributed by atoms with Crippen LogP contribution < -0.4 is 17.0 Å². The molecule has 1 aliphatic heterocycles. The molecule has 9 heteroatoms. The summed E-state index contributed by atoms with van der Waals surface area (Å²) in [5.41, 5.74) is 2.30. The molecule has 1 aromatic carbocycles. The third-order valence-corrected chi connectivity index (χ3v) is 4.97. The molecule has 5 N–H and O–H groups in total. The van der Waals surface area contributed by atoms with Crippen LogP contribution in [-0.2, 0) is 6.54 Å². The van der Waals surface area contributed by atoms with Crippen molar-refractivity contribution in [2.45, 2.75) is 46.3 Å². The number of anilines is 1. The molecule has 1 aliphatic rings. The maximum Gasteiger partial charge on any atom is 0.256 e. The molecule has 160 valence electrons. The highest BCUT2D eigenvalue weighted by molar-refractivity contribution is 6.07. The van der Waals surface area contributed by atoms with Crippen LogP contribution in [0.3, 0.4) is 0 Å². The number of hydrogen-bond donors (Lipinski definition) is 3. The molecule has 0 saturated carbocycles. The van der Waals surface area contributed by atoms with E-state index in [1.165, 1.54) is 5.01 Å². The molecule has 2 amide bonds. The van der Waals surface area contributed by atoms with Crippen molar-refractivity contribution >= 4 is 23.5 Å². The van der Waals surface area contributed by atoms with E-state index in [-0.39, 0.29) is 25.3 Å². The third-order valence-electron chi connectivity index (χ3n) is 4.97. The average Bonchev–Trinajstić information content (AvgIpc) is 3.05. The Kier molecular flexibility index (Phi) is 6.02. The Morgan fingerprint density at radius 1 is 1.27 bits per heavy atom. The van der Waals surface area contributed by atoms with Crippen molar-refractivity contribution in [1.82, 2.24) is 14.9 Å². The molecule has 0 unspecified atom stereocenters. The molecular weight excluding hydrogens is 382 g/mol. The summed E-state index contributed by atoms with van der Waals surface area (Å²) in [5.74, 6) is 11.7. The van der Waals surface area contributed by atoms with Gasteiger partial charge in [0, 0.05) is 31.2 Å². The number of hydrogen-bond acceptors (Lipinski definition) is 6. The van der Waals surface area contributed by atoms with E-state index < -0.39 is 0 Å². The Labute approximate surface area is 177 Å². The molecule has 2 heterocycles. The molecule has 9 nitrogen and oxygen atoms in total. The zero-order chi connectivity index (χ0) is 22.0. The Bertz CT molecular complexity index is 1010. The first kappa shape index (κ1) is 21.3. The highest BCUT2D eigenvalue weighted by Crippen LogP contribution is 2.26. The number of aromatic nitrogens is 1. The summed E-state index contributed by atoms with van der Waals surface area (Å²) in [6.07, 6.45) is 0. The van der Waals surface area contributed by atoms with Crippen LogP contribution in [0.1, 0.15) is 61.1 Å². The van der Waals surface area contributed by atoms with Gasteiger partial charge in [0.2, 0.25) is 0 Å². The van der Waals surface area contributed by atoms with Crippen molar-refractivity contribution in [3.63, 3.8) is 0 Å². The first-order chi connectivity index (χ1) is 14.2. The number of rotatable bonds is 5. The van der Waals surface area contributed by atoms with E-state index in [0.717, 1.165) is 5.56 Å². The van der Waals surface area contributed by atoms with Crippen molar-refractivity contribution in [3.05, 3.63) is 58.8 Å². The lowest BCUT2D eigenvalue weighted by atomic mass is 10.1. The van der Waals surface area contributed by atoms with E-state index in [1.54, 1.807) is 35.2 Å². The Morgan fingerprint density at radius 2 is 2.00 bits per heavy atom. The van der Waals surface area contributed by atoms with Gasteiger partial charge in [0.1, 0.15) is 11.5 Å². The number of amides is 2. The van der Waals surface area contributed by atoms with Crippen LogP contribution in [0.25, 0.3) is 0 Å². The minimum Gasteiger partial charge on any atom is -0.332 e. The average molecular weight is 412 g/mol. The van der Waals surface area contributed by atoms with Gasteiger partial charge in [0.15, 0.2) is 5.84 Å². The summed E-state index contributed by atoms with van der Waals surface area (Å²) in [6, 6.07) is 10.3. The summed E-state index contributed by atoms with van der Waals surface area (Å²) in [6.45, 7) is 8.29. The van der Waals surface area contributed by atoms with Crippen molar-refractivity contribution in [2.24, 2.45) is 16.8 Å². The molecule has 30 heavy (non-hydrogen) atoms. The summed E-state index contributed by atoms with van der Waals surface area (Å²) in [4.78, 5) is 31.5. The van der Waals surface area contributed by atoms with Gasteiger partial charge in [-0.25, -0.2) is 10.8 Å². The number of hydrazone groups is 1. The lowest BCUT2D eigenvalue weighted by Gasteiger charge is -2.23. The molecule has 3 rings (SSSR count). The Balaban J connectivity index is 0.00000341. The molecule has 0 spiro atoms. The number of nitrogens with one attached hydrogen (secondary N) is 1. The number of hydrazine groups is 1. The molecule has 2 aromatic rings. The topological polar surface area (TPSA) is 130 Å². The highest BCUT2D eigenvalue weighted by Gasteiger charge is 2.29. The molecule has 0 radical (unpaired) electrons. The SMILES string of the molecule is CC(C)N1Cc2ccc(C(=O)Nc3cccc(/C(=N/N)N(N)C(C)C)n3)cc2C1=O.[HH]. The molecule has 0 atom stereocenters. The number of fused-ring (bicyclic) bond motifs is 1. The van der Waals surface area contributed by atoms with Crippen LogP contribution in [0.5, 0.6) is 0 Å². The van der Waals surface area contributed by atoms with Crippen molar-refractivity contribution in [3.8, 4) is 0 Å². The van der Waals surface area contributed by atoms with Gasteiger partial charge in [-0.15, -0.1) is 0 Å². The van der Waals surface area contributed by atoms with Crippen molar-refractivity contribution < 1.29 is 11.0 Å². The van der Waals surface area contributed by atoms with Gasteiger partial charge in [-0.1, -0.05) is 12.1 Å². The predicted molar refractivity (Wildman–Crippen MR) is 118 cm³/mol. The second kappa shape index (κ2) is 8.50. The molecule has 0 bridgehead atoms. The maximum absolute atomic E-state index is 12.8. The van der Waals surface area contributed by atoms with E-state index in [4.69, 9.17) is 11.7 Å². The van der Waals surface area contributed by atoms with E-state index in [1.807, 2.05) is 33.8 Å². The van der Waals surface area contributed by atoms with Crippen LogP contribution in [0, 0.1) is 0 Å². The van der Waals surface area contributed by atoms with E-state index in [9.17, 15) is 9.59 Å². The monoisotopic (exact) mass is 411 g/mol. The normalized spacial score (nSPS) is 13.8. The highest BCUT2D eigenvalue weighted by atomic mass is 16.2. The lowest BCUT2D eigenvalue weighted by molar-refractivity contribution is 0.0730. The first-order valence-corrected chi connectivity index (χ1v) is 9.77. The maximum atomic E-state index is 12.8. The number of nitrogens with zero attached hydrogens (tertiary/aromatic N) is 4. The number of benzene rings is 1. The van der Waals surface area contributed by atoms with E-state index in [0.29, 0.717) is 35.0 Å². The molecular formula is C21H29N7O2. The van der Waals surface area contributed by atoms with Crippen LogP contribution in [0.4, 0.5) is 5.82 Å². The van der Waals surface area contributed by atoms with Gasteiger partial charge in [0.25, 0.3) is 11.8 Å². The minimum atomic E-state index is -0.363. The van der Waals surface area contributed by atoms with Gasteiger partial charge in [-0.3, -0.25) is 14.6 Å². The molecule has 0 aliphatic carbocycles. The third kappa shape index (κ3) is 4.11. The second-order valence-electron chi connectivity index (χ2n) is 7.71. The van der Waals surface area contributed by atoms with Gasteiger partial charge in [-0.2, -0.15) is 5.10 Å². The van der Waals surface area contributed by atoms with E-state index in [2.05, 4.69) is 15.4 Å². The van der Waals surface area contributed by atoms with Gasteiger partial charge >= 0.3 is 0 Å². The lowest BCUT2D eigenvalue weighted by Crippen LogP contribution is -2.44. The molecule has 1 aromatic heterocycles. The summed E-state index contributed by atoms with van der Waals surface area (Å²) in [5, 5.41) is 7.89. The fourth-order valence-electron chi connectivity index (χ4n) is 3.21. The second-order valence-corrected chi connectivity index (χ2v) is 7.71.